The zero-order valence-electron chi connectivity index (χ0n) is 15.4. The van der Waals surface area contributed by atoms with Gasteiger partial charge in [0, 0.05) is 6.04 Å². The molecule has 0 aromatic carbocycles. The van der Waals surface area contributed by atoms with Gasteiger partial charge in [0.2, 0.25) is 0 Å². The molecule has 1 N–H and O–H groups in total. The number of rotatable bonds is 11. The minimum atomic E-state index is 0.487. The summed E-state index contributed by atoms with van der Waals surface area (Å²) in [4.78, 5) is 0. The Morgan fingerprint density at radius 3 is 1.90 bits per heavy atom. The Morgan fingerprint density at radius 2 is 1.45 bits per heavy atom. The first-order valence-corrected chi connectivity index (χ1v) is 8.99. The van der Waals surface area contributed by atoms with Crippen LogP contribution in [-0.4, -0.2) is 13.1 Å². The average molecular weight is 284 g/mol. The Kier molecular flexibility index (Phi) is 10.6. The fourth-order valence-electron chi connectivity index (χ4n) is 3.25. The van der Waals surface area contributed by atoms with Gasteiger partial charge in [0.25, 0.3) is 0 Å². The summed E-state index contributed by atoms with van der Waals surface area (Å²) in [7, 11) is 2.07. The Labute approximate surface area is 129 Å². The molecule has 0 aromatic rings. The fraction of sp³-hybridized carbons (Fsp3) is 1.00. The molecule has 3 atom stereocenters. The largest absolute Gasteiger partial charge is 0.317 e. The van der Waals surface area contributed by atoms with Crippen LogP contribution in [0.15, 0.2) is 0 Å². The highest BCUT2D eigenvalue weighted by Crippen LogP contribution is 2.32. The summed E-state index contributed by atoms with van der Waals surface area (Å²) in [5.41, 5.74) is 0.487. The molecule has 0 radical (unpaired) electrons. The topological polar surface area (TPSA) is 12.0 Å². The van der Waals surface area contributed by atoms with Crippen molar-refractivity contribution >= 4 is 0 Å². The lowest BCUT2D eigenvalue weighted by atomic mass is 9.78. The quantitative estimate of drug-likeness (QED) is 0.456. The molecule has 0 aliphatic heterocycles. The molecule has 0 aromatic heterocycles. The van der Waals surface area contributed by atoms with Crippen molar-refractivity contribution in [3.05, 3.63) is 0 Å². The second-order valence-electron chi connectivity index (χ2n) is 8.02. The van der Waals surface area contributed by atoms with Gasteiger partial charge in [-0.2, -0.15) is 0 Å². The molecule has 0 rings (SSSR count). The van der Waals surface area contributed by atoms with Crippen LogP contribution in [-0.2, 0) is 0 Å². The summed E-state index contributed by atoms with van der Waals surface area (Å²) in [6, 6.07) is 0.680. The predicted molar refractivity (Wildman–Crippen MR) is 93.2 cm³/mol. The van der Waals surface area contributed by atoms with Crippen molar-refractivity contribution in [2.75, 3.05) is 7.05 Å². The number of unbranched alkanes of at least 4 members (excludes halogenated alkanes) is 1. The summed E-state index contributed by atoms with van der Waals surface area (Å²) in [6.45, 7) is 14.2. The number of nitrogens with one attached hydrogen (secondary N) is 1. The lowest BCUT2D eigenvalue weighted by Crippen LogP contribution is -2.20. The van der Waals surface area contributed by atoms with E-state index in [9.17, 15) is 0 Å². The summed E-state index contributed by atoms with van der Waals surface area (Å²) >= 11 is 0. The molecule has 0 fully saturated rings. The highest BCUT2D eigenvalue weighted by atomic mass is 14.8. The minimum absolute atomic E-state index is 0.487. The van der Waals surface area contributed by atoms with Crippen molar-refractivity contribution in [1.82, 2.24) is 5.32 Å². The van der Waals surface area contributed by atoms with E-state index in [-0.39, 0.29) is 0 Å². The third kappa shape index (κ3) is 10.7. The van der Waals surface area contributed by atoms with Crippen LogP contribution in [0.4, 0.5) is 0 Å². The summed E-state index contributed by atoms with van der Waals surface area (Å²) < 4.78 is 0. The van der Waals surface area contributed by atoms with Crippen LogP contribution >= 0.6 is 0 Å². The maximum absolute atomic E-state index is 3.33. The monoisotopic (exact) mass is 283 g/mol. The van der Waals surface area contributed by atoms with Gasteiger partial charge in [0.1, 0.15) is 0 Å². The zero-order valence-corrected chi connectivity index (χ0v) is 15.4. The maximum Gasteiger partial charge on any atom is 0.00357 e. The van der Waals surface area contributed by atoms with E-state index >= 15 is 0 Å². The van der Waals surface area contributed by atoms with Crippen LogP contribution in [0.5, 0.6) is 0 Å². The summed E-state index contributed by atoms with van der Waals surface area (Å²) in [5.74, 6) is 1.88. The van der Waals surface area contributed by atoms with E-state index in [1.807, 2.05) is 0 Å². The molecule has 0 saturated carbocycles. The van der Waals surface area contributed by atoms with Gasteiger partial charge < -0.3 is 5.32 Å². The molecule has 1 heteroatoms. The van der Waals surface area contributed by atoms with Crippen LogP contribution in [0.3, 0.4) is 0 Å². The second-order valence-corrected chi connectivity index (χ2v) is 8.02. The smallest absolute Gasteiger partial charge is 0.00357 e. The van der Waals surface area contributed by atoms with Crippen LogP contribution < -0.4 is 5.32 Å². The lowest BCUT2D eigenvalue weighted by Gasteiger charge is -2.28. The Morgan fingerprint density at radius 1 is 0.900 bits per heavy atom. The summed E-state index contributed by atoms with van der Waals surface area (Å²) in [6.07, 6.45) is 11.1. The summed E-state index contributed by atoms with van der Waals surface area (Å²) in [5, 5.41) is 3.33. The standard InChI is InChI=1S/C19H41N/c1-8-17(13-11-10-12-16(3)20-7)14-18(9-2)15-19(4,5)6/h16-18,20H,8-15H2,1-7H3. The molecule has 122 valence electrons. The first kappa shape index (κ1) is 20.0. The zero-order chi connectivity index (χ0) is 15.6. The van der Waals surface area contributed by atoms with Crippen LogP contribution in [0.2, 0.25) is 0 Å². The molecule has 1 nitrogen and oxygen atoms in total. The molecule has 0 spiro atoms. The van der Waals surface area contributed by atoms with E-state index in [1.54, 1.807) is 0 Å². The average Bonchev–Trinajstić information content (AvgIpc) is 2.39. The number of hydrogen-bond acceptors (Lipinski definition) is 1. The van der Waals surface area contributed by atoms with Crippen molar-refractivity contribution in [2.24, 2.45) is 17.3 Å². The molecule has 3 unspecified atom stereocenters. The van der Waals surface area contributed by atoms with E-state index in [4.69, 9.17) is 0 Å². The fourth-order valence-corrected chi connectivity index (χ4v) is 3.25. The highest BCUT2D eigenvalue weighted by Gasteiger charge is 2.20. The van der Waals surface area contributed by atoms with E-state index < -0.39 is 0 Å². The Hall–Kier alpha value is -0.0400. The van der Waals surface area contributed by atoms with Crippen LogP contribution in [0.25, 0.3) is 0 Å². The van der Waals surface area contributed by atoms with Crippen molar-refractivity contribution in [1.29, 1.82) is 0 Å². The SMILES string of the molecule is CCC(CCCCC(C)NC)CC(CC)CC(C)(C)C. The maximum atomic E-state index is 3.33. The van der Waals surface area contributed by atoms with Crippen LogP contribution in [0.1, 0.15) is 92.9 Å². The van der Waals surface area contributed by atoms with Crippen LogP contribution in [0, 0.1) is 17.3 Å². The van der Waals surface area contributed by atoms with Crippen molar-refractivity contribution < 1.29 is 0 Å². The predicted octanol–water partition coefficient (Wildman–Crippen LogP) is 6.03. The second kappa shape index (κ2) is 10.7. The van der Waals surface area contributed by atoms with E-state index in [0.29, 0.717) is 11.5 Å². The van der Waals surface area contributed by atoms with Gasteiger partial charge >= 0.3 is 0 Å². The van der Waals surface area contributed by atoms with Gasteiger partial charge in [0.05, 0.1) is 0 Å². The first-order chi connectivity index (χ1) is 9.32. The van der Waals surface area contributed by atoms with Gasteiger partial charge in [-0.05, 0) is 50.5 Å². The van der Waals surface area contributed by atoms with E-state index in [0.717, 1.165) is 11.8 Å². The van der Waals surface area contributed by atoms with Gasteiger partial charge in [-0.3, -0.25) is 0 Å². The molecule has 0 aliphatic carbocycles. The number of hydrogen-bond donors (Lipinski definition) is 1. The van der Waals surface area contributed by atoms with Crippen molar-refractivity contribution in [2.45, 2.75) is 99.0 Å². The molecule has 0 bridgehead atoms. The minimum Gasteiger partial charge on any atom is -0.317 e. The normalized spacial score (nSPS) is 16.9. The van der Waals surface area contributed by atoms with Crippen molar-refractivity contribution in [3.8, 4) is 0 Å². The molecular weight excluding hydrogens is 242 g/mol. The van der Waals surface area contributed by atoms with Crippen molar-refractivity contribution in [3.63, 3.8) is 0 Å². The first-order valence-electron chi connectivity index (χ1n) is 8.99. The van der Waals surface area contributed by atoms with E-state index in [2.05, 4.69) is 53.9 Å². The lowest BCUT2D eigenvalue weighted by molar-refractivity contribution is 0.237. The third-order valence-corrected chi connectivity index (χ3v) is 4.71. The molecule has 0 amide bonds. The molecule has 0 aliphatic rings. The van der Waals surface area contributed by atoms with Gasteiger partial charge in [-0.15, -0.1) is 0 Å². The third-order valence-electron chi connectivity index (χ3n) is 4.71. The van der Waals surface area contributed by atoms with Gasteiger partial charge in [-0.1, -0.05) is 66.7 Å². The Bertz CT molecular complexity index is 216. The Balaban J connectivity index is 4.00. The van der Waals surface area contributed by atoms with E-state index in [1.165, 1.54) is 51.4 Å². The molecule has 20 heavy (non-hydrogen) atoms. The molecule has 0 heterocycles. The highest BCUT2D eigenvalue weighted by molar-refractivity contribution is 4.72. The van der Waals surface area contributed by atoms with Gasteiger partial charge in [-0.25, -0.2) is 0 Å². The van der Waals surface area contributed by atoms with Gasteiger partial charge in [0.15, 0.2) is 0 Å². The molecule has 0 saturated heterocycles. The molecular formula is C19H41N.